The van der Waals surface area contributed by atoms with E-state index in [1.165, 1.54) is 0 Å². The second kappa shape index (κ2) is 6.48. The molecule has 0 radical (unpaired) electrons. The van der Waals surface area contributed by atoms with Crippen LogP contribution in [0.25, 0.3) is 0 Å². The van der Waals surface area contributed by atoms with Crippen molar-refractivity contribution in [3.05, 3.63) is 29.8 Å². The molecule has 1 aromatic rings. The van der Waals surface area contributed by atoms with Crippen molar-refractivity contribution < 1.29 is 4.79 Å². The number of para-hydroxylation sites is 1. The molecular formula is C17H24N4O. The van der Waals surface area contributed by atoms with Crippen LogP contribution in [-0.2, 0) is 4.79 Å². The van der Waals surface area contributed by atoms with Crippen molar-refractivity contribution in [2.75, 3.05) is 44.7 Å². The van der Waals surface area contributed by atoms with E-state index in [0.29, 0.717) is 5.71 Å². The van der Waals surface area contributed by atoms with Crippen LogP contribution in [0.3, 0.4) is 0 Å². The fourth-order valence-corrected chi connectivity index (χ4v) is 2.93. The first-order chi connectivity index (χ1) is 10.7. The van der Waals surface area contributed by atoms with Crippen molar-refractivity contribution in [3.63, 3.8) is 0 Å². The molecule has 5 nitrogen and oxygen atoms in total. The predicted octanol–water partition coefficient (Wildman–Crippen LogP) is 1.78. The first-order valence-corrected chi connectivity index (χ1v) is 8.14. The van der Waals surface area contributed by atoms with Crippen molar-refractivity contribution in [2.24, 2.45) is 5.10 Å². The molecule has 1 saturated heterocycles. The van der Waals surface area contributed by atoms with Gasteiger partial charge in [-0.05, 0) is 19.5 Å². The molecule has 1 amide bonds. The lowest BCUT2D eigenvalue weighted by molar-refractivity contribution is -0.112. The van der Waals surface area contributed by atoms with Gasteiger partial charge in [-0.2, -0.15) is 5.10 Å². The molecule has 22 heavy (non-hydrogen) atoms. The van der Waals surface area contributed by atoms with E-state index in [1.807, 2.05) is 34.2 Å². The number of carbonyl (C=O) groups is 1. The van der Waals surface area contributed by atoms with E-state index in [2.05, 4.69) is 24.0 Å². The highest BCUT2D eigenvalue weighted by atomic mass is 16.2. The molecule has 118 valence electrons. The zero-order valence-corrected chi connectivity index (χ0v) is 13.5. The highest BCUT2D eigenvalue weighted by Crippen LogP contribution is 2.29. The van der Waals surface area contributed by atoms with E-state index in [9.17, 15) is 4.79 Å². The minimum Gasteiger partial charge on any atom is -0.306 e. The maximum Gasteiger partial charge on any atom is 0.279 e. The highest BCUT2D eigenvalue weighted by molar-refractivity contribution is 6.54. The third-order valence-electron chi connectivity index (χ3n) is 4.35. The van der Waals surface area contributed by atoms with Crippen LogP contribution >= 0.6 is 0 Å². The number of hydrazone groups is 1. The van der Waals surface area contributed by atoms with Crippen molar-refractivity contribution in [1.82, 2.24) is 9.91 Å². The van der Waals surface area contributed by atoms with Gasteiger partial charge in [-0.3, -0.25) is 9.80 Å². The smallest absolute Gasteiger partial charge is 0.279 e. The number of anilines is 1. The summed E-state index contributed by atoms with van der Waals surface area (Å²) in [5.41, 5.74) is 2.59. The molecule has 5 heteroatoms. The van der Waals surface area contributed by atoms with Gasteiger partial charge in [0, 0.05) is 38.3 Å². The van der Waals surface area contributed by atoms with Crippen molar-refractivity contribution in [2.45, 2.75) is 19.8 Å². The molecule has 0 aromatic heterocycles. The lowest BCUT2D eigenvalue weighted by Crippen LogP contribution is -2.43. The SMILES string of the molecule is CCCCN1C(=O)C(=NN2CCN(C)CC2)c2ccccc21. The lowest BCUT2D eigenvalue weighted by atomic mass is 10.1. The fourth-order valence-electron chi connectivity index (χ4n) is 2.93. The number of fused-ring (bicyclic) bond motifs is 1. The number of benzene rings is 1. The zero-order chi connectivity index (χ0) is 15.5. The lowest BCUT2D eigenvalue weighted by Gasteiger charge is -2.30. The Morgan fingerprint density at radius 2 is 1.86 bits per heavy atom. The predicted molar refractivity (Wildman–Crippen MR) is 89.3 cm³/mol. The second-order valence-electron chi connectivity index (χ2n) is 6.03. The van der Waals surface area contributed by atoms with Crippen LogP contribution in [0.15, 0.2) is 29.4 Å². The molecule has 2 aliphatic heterocycles. The Hall–Kier alpha value is -1.88. The van der Waals surface area contributed by atoms with Gasteiger partial charge in [0.05, 0.1) is 5.69 Å². The average molecular weight is 300 g/mol. The summed E-state index contributed by atoms with van der Waals surface area (Å²) in [5, 5.41) is 6.72. The molecule has 1 aromatic carbocycles. The number of hydrogen-bond acceptors (Lipinski definition) is 4. The zero-order valence-electron chi connectivity index (χ0n) is 13.5. The third-order valence-corrected chi connectivity index (χ3v) is 4.35. The second-order valence-corrected chi connectivity index (χ2v) is 6.03. The van der Waals surface area contributed by atoms with Crippen molar-refractivity contribution in [3.8, 4) is 0 Å². The van der Waals surface area contributed by atoms with E-state index >= 15 is 0 Å². The molecule has 3 rings (SSSR count). The summed E-state index contributed by atoms with van der Waals surface area (Å²) in [5.74, 6) is 0.0496. The van der Waals surface area contributed by atoms with Gasteiger partial charge in [0.1, 0.15) is 0 Å². The summed E-state index contributed by atoms with van der Waals surface area (Å²) in [6.45, 7) is 6.66. The summed E-state index contributed by atoms with van der Waals surface area (Å²) < 4.78 is 0. The highest BCUT2D eigenvalue weighted by Gasteiger charge is 2.34. The van der Waals surface area contributed by atoms with Crippen molar-refractivity contribution >= 4 is 17.3 Å². The maximum absolute atomic E-state index is 12.8. The van der Waals surface area contributed by atoms with Crippen LogP contribution in [0, 0.1) is 0 Å². The molecule has 0 bridgehead atoms. The summed E-state index contributed by atoms with van der Waals surface area (Å²) in [7, 11) is 2.12. The fraction of sp³-hybridized carbons (Fsp3) is 0.529. The van der Waals surface area contributed by atoms with Crippen molar-refractivity contribution in [1.29, 1.82) is 0 Å². The Labute approximate surface area is 132 Å². The number of likely N-dealkylation sites (N-methyl/N-ethyl adjacent to an activating group) is 1. The minimum atomic E-state index is 0.0496. The van der Waals surface area contributed by atoms with Crippen LogP contribution in [0.1, 0.15) is 25.3 Å². The van der Waals surface area contributed by atoms with Gasteiger partial charge in [-0.15, -0.1) is 0 Å². The van der Waals surface area contributed by atoms with E-state index in [0.717, 1.165) is 56.8 Å². The third kappa shape index (κ3) is 2.86. The molecule has 0 aliphatic carbocycles. The van der Waals surface area contributed by atoms with Gasteiger partial charge in [0.2, 0.25) is 0 Å². The van der Waals surface area contributed by atoms with E-state index in [-0.39, 0.29) is 5.91 Å². The van der Waals surface area contributed by atoms with Crippen LogP contribution in [0.2, 0.25) is 0 Å². The summed E-state index contributed by atoms with van der Waals surface area (Å²) in [6, 6.07) is 8.00. The van der Waals surface area contributed by atoms with Gasteiger partial charge in [-0.25, -0.2) is 0 Å². The maximum atomic E-state index is 12.8. The van der Waals surface area contributed by atoms with Crippen LogP contribution in [0.4, 0.5) is 5.69 Å². The quantitative estimate of drug-likeness (QED) is 0.851. The minimum absolute atomic E-state index is 0.0496. The number of amides is 1. The molecule has 1 fully saturated rings. The number of carbonyl (C=O) groups excluding carboxylic acids is 1. The first-order valence-electron chi connectivity index (χ1n) is 8.14. The molecule has 0 atom stereocenters. The Bertz CT molecular complexity index is 576. The van der Waals surface area contributed by atoms with Gasteiger partial charge in [0.25, 0.3) is 5.91 Å². The Kier molecular flexibility index (Phi) is 4.43. The standard InChI is InChI=1S/C17H24N4O/c1-3-4-9-21-15-8-6-5-7-14(15)16(17(21)22)18-20-12-10-19(2)11-13-20/h5-8H,3-4,9-13H2,1-2H3. The topological polar surface area (TPSA) is 39.2 Å². The number of piperazine rings is 1. The molecule has 2 aliphatic rings. The van der Waals surface area contributed by atoms with Gasteiger partial charge >= 0.3 is 0 Å². The number of nitrogens with zero attached hydrogens (tertiary/aromatic N) is 4. The van der Waals surface area contributed by atoms with Gasteiger partial charge in [-0.1, -0.05) is 31.5 Å². The average Bonchev–Trinajstić information content (AvgIpc) is 2.80. The number of hydrogen-bond donors (Lipinski definition) is 0. The van der Waals surface area contributed by atoms with Gasteiger partial charge in [0.15, 0.2) is 5.71 Å². The first kappa shape index (κ1) is 15.0. The van der Waals surface area contributed by atoms with Crippen LogP contribution in [-0.4, -0.2) is 61.3 Å². The largest absolute Gasteiger partial charge is 0.306 e. The monoisotopic (exact) mass is 300 g/mol. The molecule has 0 spiro atoms. The van der Waals surface area contributed by atoms with Crippen LogP contribution in [0.5, 0.6) is 0 Å². The molecular weight excluding hydrogens is 276 g/mol. The number of rotatable bonds is 4. The molecule has 0 N–H and O–H groups in total. The van der Waals surface area contributed by atoms with E-state index < -0.39 is 0 Å². The summed E-state index contributed by atoms with van der Waals surface area (Å²) in [6.07, 6.45) is 2.10. The van der Waals surface area contributed by atoms with Crippen LogP contribution < -0.4 is 4.90 Å². The Morgan fingerprint density at radius 1 is 1.14 bits per heavy atom. The van der Waals surface area contributed by atoms with E-state index in [1.54, 1.807) is 0 Å². The molecule has 0 saturated carbocycles. The molecule has 0 unspecified atom stereocenters. The van der Waals surface area contributed by atoms with E-state index in [4.69, 9.17) is 0 Å². The normalized spacial score (nSPS) is 20.8. The number of unbranched alkanes of at least 4 members (excludes halogenated alkanes) is 1. The Balaban J connectivity index is 1.86. The summed E-state index contributed by atoms with van der Waals surface area (Å²) >= 11 is 0. The van der Waals surface area contributed by atoms with Gasteiger partial charge < -0.3 is 9.80 Å². The Morgan fingerprint density at radius 3 is 2.59 bits per heavy atom. The summed E-state index contributed by atoms with van der Waals surface area (Å²) in [4.78, 5) is 16.9. The molecule has 2 heterocycles.